The zero-order chi connectivity index (χ0) is 14.8. The minimum absolute atomic E-state index is 0.168. The van der Waals surface area contributed by atoms with Gasteiger partial charge in [-0.3, -0.25) is 10.1 Å². The maximum absolute atomic E-state index is 11.1. The highest BCUT2D eigenvalue weighted by molar-refractivity contribution is 5.50. The lowest BCUT2D eigenvalue weighted by Crippen LogP contribution is -2.43. The number of piperidine rings is 1. The van der Waals surface area contributed by atoms with E-state index in [0.717, 1.165) is 31.9 Å². The van der Waals surface area contributed by atoms with Gasteiger partial charge in [-0.05, 0) is 45.1 Å². The Balaban J connectivity index is 1.76. The van der Waals surface area contributed by atoms with Gasteiger partial charge in [-0.2, -0.15) is 0 Å². The molecule has 2 aliphatic heterocycles. The Bertz CT molecular complexity index is 528. The van der Waals surface area contributed by atoms with Gasteiger partial charge in [-0.25, -0.2) is 4.98 Å². The van der Waals surface area contributed by atoms with Gasteiger partial charge in [0.15, 0.2) is 0 Å². The zero-order valence-corrected chi connectivity index (χ0v) is 12.4. The summed E-state index contributed by atoms with van der Waals surface area (Å²) in [6.45, 7) is 4.74. The average Bonchev–Trinajstić information content (AvgIpc) is 3.02. The number of anilines is 1. The summed E-state index contributed by atoms with van der Waals surface area (Å²) >= 11 is 0. The molecule has 2 aliphatic rings. The summed E-state index contributed by atoms with van der Waals surface area (Å²) in [6, 6.07) is 2.23. The van der Waals surface area contributed by atoms with Crippen molar-refractivity contribution in [3.05, 3.63) is 27.9 Å². The Labute approximate surface area is 124 Å². The van der Waals surface area contributed by atoms with Gasteiger partial charge in [0.25, 0.3) is 5.69 Å². The van der Waals surface area contributed by atoms with Crippen molar-refractivity contribution in [3.63, 3.8) is 0 Å². The van der Waals surface area contributed by atoms with Crippen LogP contribution in [-0.4, -0.2) is 35.6 Å². The number of nitrogens with zero attached hydrogens (tertiary/aromatic N) is 3. The van der Waals surface area contributed by atoms with Crippen molar-refractivity contribution >= 4 is 11.5 Å². The third kappa shape index (κ3) is 3.00. The molecule has 0 aromatic carbocycles. The van der Waals surface area contributed by atoms with Gasteiger partial charge < -0.3 is 10.2 Å². The quantitative estimate of drug-likeness (QED) is 0.683. The van der Waals surface area contributed by atoms with Gasteiger partial charge in [0.2, 0.25) is 0 Å². The highest BCUT2D eigenvalue weighted by Crippen LogP contribution is 2.29. The van der Waals surface area contributed by atoms with Crippen molar-refractivity contribution in [1.29, 1.82) is 0 Å². The first-order valence-corrected chi connectivity index (χ1v) is 7.74. The number of nitrogens with one attached hydrogen (secondary N) is 1. The number of nitro groups is 1. The van der Waals surface area contributed by atoms with E-state index in [-0.39, 0.29) is 10.6 Å². The third-order valence-corrected chi connectivity index (χ3v) is 4.71. The predicted molar refractivity (Wildman–Crippen MR) is 81.6 cm³/mol. The van der Waals surface area contributed by atoms with Crippen LogP contribution in [0.25, 0.3) is 0 Å². The lowest BCUT2D eigenvalue weighted by molar-refractivity contribution is -0.385. The minimum atomic E-state index is -0.319. The first-order valence-electron chi connectivity index (χ1n) is 7.74. The van der Waals surface area contributed by atoms with E-state index in [9.17, 15) is 10.1 Å². The van der Waals surface area contributed by atoms with Crippen LogP contribution in [0.3, 0.4) is 0 Å². The molecule has 1 N–H and O–H groups in total. The summed E-state index contributed by atoms with van der Waals surface area (Å²) in [4.78, 5) is 17.4. The van der Waals surface area contributed by atoms with Gasteiger partial charge in [0.1, 0.15) is 5.82 Å². The number of aromatic nitrogens is 1. The van der Waals surface area contributed by atoms with E-state index in [1.54, 1.807) is 19.2 Å². The van der Waals surface area contributed by atoms with E-state index >= 15 is 0 Å². The molecule has 114 valence electrons. The fourth-order valence-electron chi connectivity index (χ4n) is 3.53. The second-order valence-corrected chi connectivity index (χ2v) is 6.14. The van der Waals surface area contributed by atoms with Crippen molar-refractivity contribution in [1.82, 2.24) is 10.3 Å². The number of hydrogen-bond acceptors (Lipinski definition) is 5. The monoisotopic (exact) mass is 290 g/mol. The molecule has 3 rings (SSSR count). The molecule has 6 heteroatoms. The molecule has 2 saturated heterocycles. The molecule has 2 atom stereocenters. The molecule has 0 radical (unpaired) electrons. The third-order valence-electron chi connectivity index (χ3n) is 4.71. The first-order chi connectivity index (χ1) is 10.1. The Hall–Kier alpha value is -1.69. The maximum Gasteiger partial charge on any atom is 0.277 e. The van der Waals surface area contributed by atoms with Crippen molar-refractivity contribution in [2.75, 3.05) is 24.5 Å². The van der Waals surface area contributed by atoms with Crippen molar-refractivity contribution in [2.24, 2.45) is 5.92 Å². The molecule has 0 aliphatic carbocycles. The lowest BCUT2D eigenvalue weighted by Gasteiger charge is -2.36. The van der Waals surface area contributed by atoms with E-state index in [2.05, 4.69) is 15.2 Å². The second kappa shape index (κ2) is 5.97. The van der Waals surface area contributed by atoms with Gasteiger partial charge in [-0.1, -0.05) is 0 Å². The van der Waals surface area contributed by atoms with Crippen LogP contribution in [0, 0.1) is 23.0 Å². The Morgan fingerprint density at radius 2 is 2.29 bits per heavy atom. The van der Waals surface area contributed by atoms with Gasteiger partial charge in [0.05, 0.1) is 11.0 Å². The Morgan fingerprint density at radius 1 is 1.43 bits per heavy atom. The second-order valence-electron chi connectivity index (χ2n) is 6.14. The molecule has 21 heavy (non-hydrogen) atoms. The topological polar surface area (TPSA) is 71.3 Å². The van der Waals surface area contributed by atoms with Crippen LogP contribution in [0.5, 0.6) is 0 Å². The van der Waals surface area contributed by atoms with Gasteiger partial charge in [-0.15, -0.1) is 0 Å². The molecule has 1 aromatic rings. The van der Waals surface area contributed by atoms with Crippen LogP contribution in [-0.2, 0) is 0 Å². The van der Waals surface area contributed by atoms with Crippen LogP contribution in [0.2, 0.25) is 0 Å². The van der Waals surface area contributed by atoms with Crippen LogP contribution in [0.1, 0.15) is 31.2 Å². The smallest absolute Gasteiger partial charge is 0.277 e. The van der Waals surface area contributed by atoms with E-state index in [4.69, 9.17) is 0 Å². The molecule has 0 amide bonds. The summed E-state index contributed by atoms with van der Waals surface area (Å²) in [7, 11) is 0. The molecule has 0 saturated carbocycles. The molecule has 3 heterocycles. The van der Waals surface area contributed by atoms with Crippen molar-refractivity contribution in [2.45, 2.75) is 38.6 Å². The highest BCUT2D eigenvalue weighted by atomic mass is 16.6. The molecular weight excluding hydrogens is 268 g/mol. The molecule has 0 bridgehead atoms. The molecule has 6 nitrogen and oxygen atoms in total. The minimum Gasteiger partial charge on any atom is -0.356 e. The lowest BCUT2D eigenvalue weighted by atomic mass is 9.90. The van der Waals surface area contributed by atoms with Crippen LogP contribution >= 0.6 is 0 Å². The van der Waals surface area contributed by atoms with Crippen molar-refractivity contribution in [3.8, 4) is 0 Å². The van der Waals surface area contributed by atoms with Crippen molar-refractivity contribution < 1.29 is 4.92 Å². The van der Waals surface area contributed by atoms with E-state index in [1.807, 2.05) is 0 Å². The highest BCUT2D eigenvalue weighted by Gasteiger charge is 2.30. The molecule has 2 unspecified atom stereocenters. The zero-order valence-electron chi connectivity index (χ0n) is 12.4. The Morgan fingerprint density at radius 3 is 3.00 bits per heavy atom. The molecule has 1 aromatic heterocycles. The predicted octanol–water partition coefficient (Wildman–Crippen LogP) is 2.27. The van der Waals surface area contributed by atoms with Gasteiger partial charge in [0, 0.05) is 30.9 Å². The summed E-state index contributed by atoms with van der Waals surface area (Å²) in [5, 5.41) is 14.7. The number of pyridine rings is 1. The standard InChI is InChI=1S/C15H22N4O2/c1-11-9-17-15(8-14(11)19(20)21)18-7-3-4-12(10-18)13-5-2-6-16-13/h8-9,12-13,16H,2-7,10H2,1H3. The van der Waals surface area contributed by atoms with E-state index in [0.29, 0.717) is 17.5 Å². The number of hydrogen-bond donors (Lipinski definition) is 1. The van der Waals surface area contributed by atoms with Crippen LogP contribution in [0.4, 0.5) is 11.5 Å². The summed E-state index contributed by atoms with van der Waals surface area (Å²) in [5.74, 6) is 1.37. The normalized spacial score (nSPS) is 26.0. The number of aryl methyl sites for hydroxylation is 1. The summed E-state index contributed by atoms with van der Waals surface area (Å²) in [6.07, 6.45) is 6.49. The fraction of sp³-hybridized carbons (Fsp3) is 0.667. The Kier molecular flexibility index (Phi) is 4.05. The van der Waals surface area contributed by atoms with Gasteiger partial charge >= 0.3 is 0 Å². The molecule has 2 fully saturated rings. The van der Waals surface area contributed by atoms with Crippen LogP contribution < -0.4 is 10.2 Å². The molecular formula is C15H22N4O2. The first kappa shape index (κ1) is 14.3. The summed E-state index contributed by atoms with van der Waals surface area (Å²) in [5.41, 5.74) is 0.788. The fourth-order valence-corrected chi connectivity index (χ4v) is 3.53. The SMILES string of the molecule is Cc1cnc(N2CCCC(C3CCCN3)C2)cc1[N+](=O)[O-]. The summed E-state index contributed by atoms with van der Waals surface area (Å²) < 4.78 is 0. The maximum atomic E-state index is 11.1. The van der Waals surface area contributed by atoms with E-state index in [1.165, 1.54) is 19.3 Å². The molecule has 0 spiro atoms. The van der Waals surface area contributed by atoms with Crippen LogP contribution in [0.15, 0.2) is 12.3 Å². The van der Waals surface area contributed by atoms with E-state index < -0.39 is 0 Å². The average molecular weight is 290 g/mol. The largest absolute Gasteiger partial charge is 0.356 e. The number of rotatable bonds is 3.